The number of nitrogens with zero attached hydrogens (tertiary/aromatic N) is 16. The number of rotatable bonds is 29. The fraction of sp³-hybridized carbons (Fsp3) is 0.424. The Balaban J connectivity index is 0.000000151. The molecular formula is C92H114N22O10. The molecule has 3 amide bonds. The molecule has 4 fully saturated rings. The summed E-state index contributed by atoms with van der Waals surface area (Å²) in [6.07, 6.45) is 21.6. The van der Waals surface area contributed by atoms with E-state index in [4.69, 9.17) is 38.6 Å². The largest absolute Gasteiger partial charge is 0.466 e. The molecule has 3 aromatic carbocycles. The van der Waals surface area contributed by atoms with Crippen LogP contribution >= 0.6 is 0 Å². The molecule has 652 valence electrons. The lowest BCUT2D eigenvalue weighted by molar-refractivity contribution is -0.142. The number of carbonyl (C=O) groups excluding carboxylic acids is 4. The number of anilines is 9. The number of benzene rings is 3. The van der Waals surface area contributed by atoms with Crippen molar-refractivity contribution < 1.29 is 48.0 Å². The van der Waals surface area contributed by atoms with Crippen LogP contribution in [0.5, 0.6) is 0 Å². The number of aliphatic hydroxyl groups is 1. The zero-order valence-corrected chi connectivity index (χ0v) is 72.7. The number of hydrogen-bond donors (Lipinski definition) is 7. The monoisotopic (exact) mass is 1690 g/mol. The first-order valence-electron chi connectivity index (χ1n) is 42.5. The van der Waals surface area contributed by atoms with Crippen LogP contribution in [0.3, 0.4) is 0 Å². The Labute approximate surface area is 724 Å². The van der Waals surface area contributed by atoms with Crippen LogP contribution in [-0.2, 0) is 68.5 Å². The number of hydrogen-bond acceptors (Lipinski definition) is 28. The van der Waals surface area contributed by atoms with Gasteiger partial charge >= 0.3 is 5.97 Å². The van der Waals surface area contributed by atoms with Gasteiger partial charge in [0.1, 0.15) is 18.1 Å². The molecule has 124 heavy (non-hydrogen) atoms. The number of allylic oxidation sites excluding steroid dienone is 3. The topological polar surface area (TPSA) is 347 Å². The number of aromatic nitrogens is 10. The summed E-state index contributed by atoms with van der Waals surface area (Å²) in [4.78, 5) is 102. The van der Waals surface area contributed by atoms with Crippen molar-refractivity contribution in [2.75, 3.05) is 193 Å². The van der Waals surface area contributed by atoms with Gasteiger partial charge in [0.25, 0.3) is 0 Å². The molecule has 6 aromatic heterocycles. The van der Waals surface area contributed by atoms with Gasteiger partial charge in [-0.25, -0.2) is 29.9 Å². The quantitative estimate of drug-likeness (QED) is 0.0215. The Morgan fingerprint density at radius 1 is 0.492 bits per heavy atom. The number of methoxy groups -OCH3 is 3. The van der Waals surface area contributed by atoms with E-state index in [1.54, 1.807) is 78.3 Å². The minimum atomic E-state index is -0.627. The highest BCUT2D eigenvalue weighted by Gasteiger charge is 2.35. The lowest BCUT2D eigenvalue weighted by atomic mass is 9.99. The van der Waals surface area contributed by atoms with Crippen LogP contribution in [-0.4, -0.2) is 287 Å². The third-order valence-corrected chi connectivity index (χ3v) is 23.5. The molecule has 0 radical (unpaired) electrons. The Bertz CT molecular complexity index is 5320. The molecular weight excluding hydrogens is 1570 g/mol. The number of esters is 1. The van der Waals surface area contributed by atoms with Crippen LogP contribution in [0.25, 0.3) is 16.7 Å². The van der Waals surface area contributed by atoms with E-state index in [9.17, 15) is 24.3 Å². The maximum Gasteiger partial charge on any atom is 0.311 e. The smallest absolute Gasteiger partial charge is 0.311 e. The fourth-order valence-corrected chi connectivity index (χ4v) is 16.4. The minimum absolute atomic E-state index is 0.0346. The normalized spacial score (nSPS) is 17.7. The lowest BCUT2D eigenvalue weighted by Gasteiger charge is -2.36. The van der Waals surface area contributed by atoms with Gasteiger partial charge in [-0.05, 0) is 174 Å². The van der Waals surface area contributed by atoms with E-state index >= 15 is 0 Å². The number of aliphatic hydroxyl groups excluding tert-OH is 1. The summed E-state index contributed by atoms with van der Waals surface area (Å²) in [5.74, 6) is 0.969. The molecule has 3 aliphatic carbocycles. The van der Waals surface area contributed by atoms with Crippen molar-refractivity contribution >= 4 is 92.4 Å². The number of likely N-dealkylation sites (N-methyl/N-ethyl adjacent to an activating group) is 3. The predicted molar refractivity (Wildman–Crippen MR) is 478 cm³/mol. The van der Waals surface area contributed by atoms with E-state index in [1.165, 1.54) is 0 Å². The molecule has 0 bridgehead atoms. The Kier molecular flexibility index (Phi) is 29.9. The van der Waals surface area contributed by atoms with Crippen molar-refractivity contribution in [3.05, 3.63) is 219 Å². The van der Waals surface area contributed by atoms with E-state index in [1.807, 2.05) is 86.4 Å². The van der Waals surface area contributed by atoms with Crippen LogP contribution in [0.2, 0.25) is 0 Å². The Hall–Kier alpha value is -11.5. The first-order chi connectivity index (χ1) is 60.2. The summed E-state index contributed by atoms with van der Waals surface area (Å²) in [6.45, 7) is 22.9. The average molecular weight is 1690 g/mol. The molecule has 9 aromatic rings. The molecule has 4 aliphatic heterocycles. The molecule has 7 N–H and O–H groups in total. The van der Waals surface area contributed by atoms with Crippen LogP contribution in [0.4, 0.5) is 52.0 Å². The van der Waals surface area contributed by atoms with Crippen LogP contribution in [0.15, 0.2) is 140 Å². The molecule has 0 spiro atoms. The summed E-state index contributed by atoms with van der Waals surface area (Å²) in [5.41, 5.74) is 20.8. The van der Waals surface area contributed by atoms with Crippen LogP contribution in [0, 0.1) is 20.8 Å². The van der Waals surface area contributed by atoms with Gasteiger partial charge < -0.3 is 75.4 Å². The van der Waals surface area contributed by atoms with Crippen LogP contribution < -0.4 is 31.9 Å². The maximum absolute atomic E-state index is 13.5. The Morgan fingerprint density at radius 3 is 1.23 bits per heavy atom. The van der Waals surface area contributed by atoms with Crippen molar-refractivity contribution in [2.45, 2.75) is 97.0 Å². The van der Waals surface area contributed by atoms with Gasteiger partial charge in [-0.15, -0.1) is 0 Å². The zero-order chi connectivity index (χ0) is 86.9. The molecule has 7 aliphatic rings. The highest BCUT2D eigenvalue weighted by atomic mass is 16.5. The number of ether oxygens (including phenoxy) is 5. The second-order valence-corrected chi connectivity index (χ2v) is 32.3. The summed E-state index contributed by atoms with van der Waals surface area (Å²) >= 11 is 0. The average Bonchev–Trinajstić information content (AvgIpc) is 1.64. The first kappa shape index (κ1) is 88.8. The van der Waals surface area contributed by atoms with Crippen molar-refractivity contribution in [3.63, 3.8) is 0 Å². The van der Waals surface area contributed by atoms with E-state index in [0.29, 0.717) is 87.2 Å². The SMILES string of the molecule is CCOC(=O)Cc1ccc(Nc2ncc(C)c(C3=CCc4c(NC(=O)[C@@H](COC)N5CCN(C)CC5)cccc43)n2)cn1.COC[C@H](C(=O)Nc1cccc2c1CC=C2c1nc(Nc2ccc(C(C)O)nc2)ncc1C)N1CCN(C)CC1.COC[C@H](C(=O)Nc1cccc2c1CC=C2c1nc(Nc2cnn(C3CCOC3)c2)ncc1C)N1CCN(C)CC1. The molecule has 32 nitrogen and oxygen atoms in total. The van der Waals surface area contributed by atoms with E-state index in [-0.39, 0.29) is 54.3 Å². The predicted octanol–water partition coefficient (Wildman–Crippen LogP) is 9.26. The highest BCUT2D eigenvalue weighted by molar-refractivity contribution is 6.00. The zero-order valence-electron chi connectivity index (χ0n) is 72.7. The standard InChI is InChI=1S/C32H39N7O4.C30H38N8O3.C30H37N7O3/c1-5-43-29(40)17-22-9-10-23(19-33-22)35-32-34-18-21(2)30(37-32)26-12-11-25-24(26)7-6-8-27(25)36-31(41)28(20-42-4)39-15-13-38(3)14-16-39;1-20-15-31-30(33-21-16-32-38(17-21)22-9-14-41-18-22)35-28(20)25-8-7-24-23(25)5-4-6-26(24)34-29(39)27(19-40-3)37-12-10-36(2)11-13-37;1-19-16-32-30(33-21-8-11-25(20(2)38)31-17-21)35-28(19)24-10-9-23-22(24)6-5-7-26(23)34-29(39)27(18-40-4)37-14-12-36(3)13-15-37/h6-10,12,18-19,28H,5,11,13-17,20H2,1-4H3,(H,36,41)(H,34,35,37);4-6,8,15-17,22,27H,7,9-14,18-19H2,1-3H3,(H,34,39)(H,31,33,35);5-8,10-11,16-17,20,27,38H,9,12-15,18H2,1-4H3,(H,34,39)(H,32,33,35)/t28-;22?,27-;20?,27-/m111/s1. The summed E-state index contributed by atoms with van der Waals surface area (Å²) in [7, 11) is 11.2. The van der Waals surface area contributed by atoms with Gasteiger partial charge in [-0.3, -0.25) is 48.5 Å². The van der Waals surface area contributed by atoms with Crippen molar-refractivity contribution in [1.29, 1.82) is 0 Å². The molecule has 16 rings (SSSR count). The highest BCUT2D eigenvalue weighted by Crippen LogP contribution is 2.41. The second-order valence-electron chi connectivity index (χ2n) is 32.3. The number of fused-ring (bicyclic) bond motifs is 3. The minimum Gasteiger partial charge on any atom is -0.466 e. The Morgan fingerprint density at radius 2 is 0.887 bits per heavy atom. The summed E-state index contributed by atoms with van der Waals surface area (Å²) in [6, 6.07) is 24.5. The molecule has 2 unspecified atom stereocenters. The van der Waals surface area contributed by atoms with Gasteiger partial charge in [-0.1, -0.05) is 54.6 Å². The number of carbonyl (C=O) groups is 4. The molecule has 5 atom stereocenters. The molecule has 0 saturated carbocycles. The third kappa shape index (κ3) is 21.8. The second kappa shape index (κ2) is 41.8. The lowest BCUT2D eigenvalue weighted by Crippen LogP contribution is -2.54. The molecule has 32 heteroatoms. The van der Waals surface area contributed by atoms with E-state index in [0.717, 1.165) is 204 Å². The van der Waals surface area contributed by atoms with Gasteiger partial charge in [0.2, 0.25) is 35.6 Å². The summed E-state index contributed by atoms with van der Waals surface area (Å²) < 4.78 is 28.7. The van der Waals surface area contributed by atoms with E-state index < -0.39 is 6.10 Å². The van der Waals surface area contributed by atoms with Crippen LogP contribution in [0.1, 0.15) is 111 Å². The van der Waals surface area contributed by atoms with Gasteiger partial charge in [-0.2, -0.15) is 5.10 Å². The van der Waals surface area contributed by atoms with Gasteiger partial charge in [0, 0.05) is 165 Å². The first-order valence-corrected chi connectivity index (χ1v) is 42.5. The van der Waals surface area contributed by atoms with Crippen molar-refractivity contribution in [2.24, 2.45) is 0 Å². The van der Waals surface area contributed by atoms with E-state index in [2.05, 4.69) is 149 Å². The fourth-order valence-electron chi connectivity index (χ4n) is 16.4. The summed E-state index contributed by atoms with van der Waals surface area (Å²) in [5, 5.41) is 33.6. The molecule has 4 saturated heterocycles. The number of amides is 3. The van der Waals surface area contributed by atoms with Gasteiger partial charge in [0.15, 0.2) is 0 Å². The third-order valence-electron chi connectivity index (χ3n) is 23.5. The number of aryl methyl sites for hydroxylation is 3. The maximum atomic E-state index is 13.5. The van der Waals surface area contributed by atoms with Gasteiger partial charge in [0.05, 0.1) is 116 Å². The molecule has 10 heterocycles. The number of nitrogens with one attached hydrogen (secondary N) is 6. The van der Waals surface area contributed by atoms with Crippen molar-refractivity contribution in [3.8, 4) is 0 Å². The van der Waals surface area contributed by atoms with Crippen molar-refractivity contribution in [1.82, 2.24) is 79.1 Å². The number of pyridine rings is 2. The number of piperazine rings is 3.